The molecular formula is C19H32N2O. The van der Waals surface area contributed by atoms with Crippen LogP contribution in [0.15, 0.2) is 24.3 Å². The first kappa shape index (κ1) is 17.3. The number of hydrogen-bond acceptors (Lipinski definition) is 3. The third kappa shape index (κ3) is 4.72. The minimum atomic E-state index is -0.143. The Balaban J connectivity index is 2.16. The maximum Gasteiger partial charge on any atom is 0.120 e. The van der Waals surface area contributed by atoms with Gasteiger partial charge in [0.2, 0.25) is 0 Å². The molecule has 0 aromatic heterocycles. The zero-order chi connectivity index (χ0) is 16.2. The molecule has 1 aliphatic rings. The summed E-state index contributed by atoms with van der Waals surface area (Å²) in [5, 5.41) is 3.45. The summed E-state index contributed by atoms with van der Waals surface area (Å²) in [7, 11) is 0. The molecule has 1 unspecified atom stereocenters. The summed E-state index contributed by atoms with van der Waals surface area (Å²) in [6.07, 6.45) is 1.20. The molecular weight excluding hydrogens is 272 g/mol. The zero-order valence-corrected chi connectivity index (χ0v) is 14.9. The van der Waals surface area contributed by atoms with E-state index >= 15 is 0 Å². The van der Waals surface area contributed by atoms with E-state index in [-0.39, 0.29) is 5.60 Å². The molecule has 0 amide bonds. The lowest BCUT2D eigenvalue weighted by atomic mass is 9.90. The van der Waals surface area contributed by atoms with Gasteiger partial charge in [0.15, 0.2) is 0 Å². The van der Waals surface area contributed by atoms with Crippen LogP contribution in [-0.4, -0.2) is 36.7 Å². The molecule has 0 spiro atoms. The lowest BCUT2D eigenvalue weighted by Gasteiger charge is -2.38. The second kappa shape index (κ2) is 7.47. The largest absolute Gasteiger partial charge is 0.488 e. The molecule has 1 saturated heterocycles. The Morgan fingerprint density at radius 3 is 2.23 bits per heavy atom. The van der Waals surface area contributed by atoms with Crippen LogP contribution in [0.1, 0.15) is 52.6 Å². The van der Waals surface area contributed by atoms with E-state index in [1.54, 1.807) is 0 Å². The number of rotatable bonds is 5. The quantitative estimate of drug-likeness (QED) is 0.894. The van der Waals surface area contributed by atoms with Crippen LogP contribution in [0.3, 0.4) is 0 Å². The molecule has 2 rings (SSSR count). The standard InChI is InChI=1S/C19H32N2O/c1-6-15(2)18(21-13-11-20-12-14-21)16-7-9-17(10-8-16)22-19(3,4)5/h7-10,15,18,20H,6,11-14H2,1-5H3/t15?,18-/m0/s1. The highest BCUT2D eigenvalue weighted by Gasteiger charge is 2.26. The molecule has 3 heteroatoms. The van der Waals surface area contributed by atoms with Crippen LogP contribution >= 0.6 is 0 Å². The van der Waals surface area contributed by atoms with Crippen molar-refractivity contribution in [3.05, 3.63) is 29.8 Å². The van der Waals surface area contributed by atoms with Crippen LogP contribution in [0.5, 0.6) is 5.75 Å². The van der Waals surface area contributed by atoms with E-state index in [1.807, 2.05) is 0 Å². The molecule has 1 heterocycles. The number of hydrogen-bond donors (Lipinski definition) is 1. The highest BCUT2D eigenvalue weighted by atomic mass is 16.5. The topological polar surface area (TPSA) is 24.5 Å². The molecule has 0 bridgehead atoms. The molecule has 1 aromatic carbocycles. The van der Waals surface area contributed by atoms with Gasteiger partial charge in [0.25, 0.3) is 0 Å². The van der Waals surface area contributed by atoms with Crippen molar-refractivity contribution in [2.75, 3.05) is 26.2 Å². The molecule has 1 aromatic rings. The van der Waals surface area contributed by atoms with E-state index in [2.05, 4.69) is 69.1 Å². The Labute approximate surface area is 136 Å². The van der Waals surface area contributed by atoms with Crippen molar-refractivity contribution in [2.45, 2.75) is 52.7 Å². The van der Waals surface area contributed by atoms with Crippen LogP contribution in [-0.2, 0) is 0 Å². The van der Waals surface area contributed by atoms with Gasteiger partial charge in [-0.1, -0.05) is 32.4 Å². The van der Waals surface area contributed by atoms with E-state index in [4.69, 9.17) is 4.74 Å². The van der Waals surface area contributed by atoms with Crippen molar-refractivity contribution in [3.63, 3.8) is 0 Å². The maximum atomic E-state index is 5.95. The number of benzene rings is 1. The molecule has 0 aliphatic carbocycles. The molecule has 0 saturated carbocycles. The Hall–Kier alpha value is -1.06. The smallest absolute Gasteiger partial charge is 0.120 e. The highest BCUT2D eigenvalue weighted by molar-refractivity contribution is 5.30. The minimum Gasteiger partial charge on any atom is -0.488 e. The fourth-order valence-electron chi connectivity index (χ4n) is 3.17. The Bertz CT molecular complexity index is 443. The van der Waals surface area contributed by atoms with Crippen LogP contribution < -0.4 is 10.1 Å². The Kier molecular flexibility index (Phi) is 5.87. The molecule has 2 atom stereocenters. The third-order valence-electron chi connectivity index (χ3n) is 4.37. The molecule has 3 nitrogen and oxygen atoms in total. The van der Waals surface area contributed by atoms with Gasteiger partial charge in [-0.15, -0.1) is 0 Å². The molecule has 1 fully saturated rings. The first-order valence-corrected chi connectivity index (χ1v) is 8.64. The monoisotopic (exact) mass is 304 g/mol. The lowest BCUT2D eigenvalue weighted by Crippen LogP contribution is -2.46. The van der Waals surface area contributed by atoms with E-state index < -0.39 is 0 Å². The second-order valence-electron chi connectivity index (χ2n) is 7.40. The van der Waals surface area contributed by atoms with Gasteiger partial charge in [-0.25, -0.2) is 0 Å². The fraction of sp³-hybridized carbons (Fsp3) is 0.684. The summed E-state index contributed by atoms with van der Waals surface area (Å²) < 4.78 is 5.95. The van der Waals surface area contributed by atoms with Gasteiger partial charge >= 0.3 is 0 Å². The lowest BCUT2D eigenvalue weighted by molar-refractivity contribution is 0.126. The Morgan fingerprint density at radius 2 is 1.73 bits per heavy atom. The second-order valence-corrected chi connectivity index (χ2v) is 7.40. The molecule has 0 radical (unpaired) electrons. The fourth-order valence-corrected chi connectivity index (χ4v) is 3.17. The van der Waals surface area contributed by atoms with Crippen molar-refractivity contribution < 1.29 is 4.74 Å². The summed E-state index contributed by atoms with van der Waals surface area (Å²) in [5.41, 5.74) is 1.27. The van der Waals surface area contributed by atoms with Gasteiger partial charge in [0.1, 0.15) is 11.4 Å². The van der Waals surface area contributed by atoms with E-state index in [0.717, 1.165) is 31.9 Å². The minimum absolute atomic E-state index is 0.143. The van der Waals surface area contributed by atoms with Gasteiger partial charge in [-0.05, 0) is 44.4 Å². The van der Waals surface area contributed by atoms with Gasteiger partial charge in [0.05, 0.1) is 0 Å². The number of piperazine rings is 1. The van der Waals surface area contributed by atoms with Gasteiger partial charge < -0.3 is 10.1 Å². The first-order chi connectivity index (χ1) is 10.4. The van der Waals surface area contributed by atoms with Crippen molar-refractivity contribution in [1.29, 1.82) is 0 Å². The average Bonchev–Trinajstić information content (AvgIpc) is 2.48. The van der Waals surface area contributed by atoms with E-state index in [0.29, 0.717) is 12.0 Å². The van der Waals surface area contributed by atoms with Crippen LogP contribution in [0.25, 0.3) is 0 Å². The summed E-state index contributed by atoms with van der Waals surface area (Å²) in [5.74, 6) is 1.62. The number of nitrogens with one attached hydrogen (secondary N) is 1. The predicted molar refractivity (Wildman–Crippen MR) is 93.5 cm³/mol. The zero-order valence-electron chi connectivity index (χ0n) is 14.9. The SMILES string of the molecule is CCC(C)[C@@H](c1ccc(OC(C)(C)C)cc1)N1CCNCC1. The van der Waals surface area contributed by atoms with Crippen LogP contribution in [0.4, 0.5) is 0 Å². The Morgan fingerprint density at radius 1 is 1.14 bits per heavy atom. The highest BCUT2D eigenvalue weighted by Crippen LogP contribution is 2.32. The van der Waals surface area contributed by atoms with Crippen LogP contribution in [0, 0.1) is 5.92 Å². The van der Waals surface area contributed by atoms with Gasteiger partial charge in [-0.2, -0.15) is 0 Å². The maximum absolute atomic E-state index is 5.95. The number of nitrogens with zero attached hydrogens (tertiary/aromatic N) is 1. The van der Waals surface area contributed by atoms with E-state index in [9.17, 15) is 0 Å². The van der Waals surface area contributed by atoms with Crippen molar-refractivity contribution in [1.82, 2.24) is 10.2 Å². The van der Waals surface area contributed by atoms with Crippen LogP contribution in [0.2, 0.25) is 0 Å². The van der Waals surface area contributed by atoms with Crippen molar-refractivity contribution >= 4 is 0 Å². The third-order valence-corrected chi connectivity index (χ3v) is 4.37. The summed E-state index contributed by atoms with van der Waals surface area (Å²) in [6, 6.07) is 9.26. The summed E-state index contributed by atoms with van der Waals surface area (Å²) in [6.45, 7) is 15.4. The first-order valence-electron chi connectivity index (χ1n) is 8.64. The molecule has 22 heavy (non-hydrogen) atoms. The summed E-state index contributed by atoms with van der Waals surface area (Å²) >= 11 is 0. The van der Waals surface area contributed by atoms with Gasteiger partial charge in [0, 0.05) is 32.2 Å². The normalized spacial score (nSPS) is 19.7. The van der Waals surface area contributed by atoms with Gasteiger partial charge in [-0.3, -0.25) is 4.90 Å². The summed E-state index contributed by atoms with van der Waals surface area (Å²) in [4.78, 5) is 2.63. The molecule has 1 N–H and O–H groups in total. The predicted octanol–water partition coefficient (Wildman–Crippen LogP) is 3.86. The van der Waals surface area contributed by atoms with Crippen molar-refractivity contribution in [2.24, 2.45) is 5.92 Å². The number of ether oxygens (including phenoxy) is 1. The van der Waals surface area contributed by atoms with Crippen molar-refractivity contribution in [3.8, 4) is 5.75 Å². The molecule has 1 aliphatic heterocycles. The van der Waals surface area contributed by atoms with E-state index in [1.165, 1.54) is 12.0 Å². The molecule has 124 valence electrons. The average molecular weight is 304 g/mol.